The third-order valence-corrected chi connectivity index (χ3v) is 10.7. The highest BCUT2D eigenvalue weighted by Crippen LogP contribution is 2.37. The van der Waals surface area contributed by atoms with E-state index in [1.807, 2.05) is 18.2 Å². The van der Waals surface area contributed by atoms with E-state index in [1.54, 1.807) is 0 Å². The van der Waals surface area contributed by atoms with Crippen LogP contribution >= 0.6 is 0 Å². The molecule has 54 heavy (non-hydrogen) atoms. The second-order valence-corrected chi connectivity index (χ2v) is 13.8. The molecule has 0 saturated carbocycles. The molecule has 0 aliphatic heterocycles. The fraction of sp³-hybridized carbons (Fsp3) is 0. The maximum absolute atomic E-state index is 5.06. The van der Waals surface area contributed by atoms with Gasteiger partial charge in [0.2, 0.25) is 0 Å². The Morgan fingerprint density at radius 3 is 1.41 bits per heavy atom. The molecule has 8 aromatic carbocycles. The summed E-state index contributed by atoms with van der Waals surface area (Å²) < 4.78 is 4.78. The molecule has 0 atom stereocenters. The van der Waals surface area contributed by atoms with E-state index in [2.05, 4.69) is 185 Å². The zero-order valence-corrected chi connectivity index (χ0v) is 29.3. The van der Waals surface area contributed by atoms with Gasteiger partial charge in [0.05, 0.1) is 33.3 Å². The third kappa shape index (κ3) is 4.78. The Hall–Kier alpha value is -7.30. The fourth-order valence-electron chi connectivity index (χ4n) is 8.22. The molecule has 0 bridgehead atoms. The average molecular weight is 689 g/mol. The molecule has 0 N–H and O–H groups in total. The monoisotopic (exact) mass is 688 g/mol. The topological polar surface area (TPSA) is 35.6 Å². The van der Waals surface area contributed by atoms with Gasteiger partial charge >= 0.3 is 0 Å². The molecule has 0 saturated heterocycles. The number of benzene rings is 8. The van der Waals surface area contributed by atoms with E-state index < -0.39 is 0 Å². The Morgan fingerprint density at radius 2 is 0.759 bits per heavy atom. The quantitative estimate of drug-likeness (QED) is 0.180. The Morgan fingerprint density at radius 1 is 0.296 bits per heavy atom. The number of fused-ring (bicyclic) bond motifs is 7. The summed E-state index contributed by atoms with van der Waals surface area (Å²) in [7, 11) is 0. The second-order valence-electron chi connectivity index (χ2n) is 13.8. The standard InChI is InChI=1S/C50H32N4/c1-2-12-35(13-3-1)49-42-17-4-8-18-44(42)51-50(52-49)36-24-22-33(23-25-36)34-26-28-37(29-27-34)53-47-21-11-7-16-41(47)43-32-38(30-31-48(43)53)54-45-19-9-5-14-39(45)40-15-6-10-20-46(40)54/h1-32H. The summed E-state index contributed by atoms with van der Waals surface area (Å²) in [6.45, 7) is 0. The molecule has 4 heteroatoms. The summed E-state index contributed by atoms with van der Waals surface area (Å²) >= 11 is 0. The SMILES string of the molecule is c1ccc(-c2nc(-c3ccc(-c4ccc(-n5c6ccccc6c6cc(-n7c8ccccc8c8ccccc87)ccc65)cc4)cc3)nc3ccccc23)cc1. The van der Waals surface area contributed by atoms with Crippen molar-refractivity contribution in [2.45, 2.75) is 0 Å². The zero-order chi connectivity index (χ0) is 35.6. The van der Waals surface area contributed by atoms with Crippen molar-refractivity contribution in [3.05, 3.63) is 194 Å². The highest BCUT2D eigenvalue weighted by molar-refractivity contribution is 6.12. The summed E-state index contributed by atoms with van der Waals surface area (Å²) in [6.07, 6.45) is 0. The van der Waals surface area contributed by atoms with E-state index >= 15 is 0 Å². The Labute approximate surface area is 311 Å². The molecule has 0 radical (unpaired) electrons. The molecule has 0 fully saturated rings. The van der Waals surface area contributed by atoms with Gasteiger partial charge in [-0.05, 0) is 65.7 Å². The molecule has 11 aromatic rings. The van der Waals surface area contributed by atoms with Gasteiger partial charge in [0.1, 0.15) is 0 Å². The molecule has 0 spiro atoms. The Bertz CT molecular complexity index is 3140. The molecule has 0 amide bonds. The van der Waals surface area contributed by atoms with Gasteiger partial charge in [-0.1, -0.05) is 140 Å². The first-order valence-corrected chi connectivity index (χ1v) is 18.3. The van der Waals surface area contributed by atoms with Gasteiger partial charge in [0, 0.05) is 49.4 Å². The lowest BCUT2D eigenvalue weighted by molar-refractivity contribution is 1.17. The van der Waals surface area contributed by atoms with Crippen LogP contribution in [0.1, 0.15) is 0 Å². The lowest BCUT2D eigenvalue weighted by Crippen LogP contribution is -1.96. The number of nitrogens with zero attached hydrogens (tertiary/aromatic N) is 4. The van der Waals surface area contributed by atoms with Crippen LogP contribution in [0.2, 0.25) is 0 Å². The molecule has 3 aromatic heterocycles. The van der Waals surface area contributed by atoms with Gasteiger partial charge in [0.15, 0.2) is 5.82 Å². The lowest BCUT2D eigenvalue weighted by atomic mass is 10.0. The minimum absolute atomic E-state index is 0.724. The van der Waals surface area contributed by atoms with Gasteiger partial charge in [0.25, 0.3) is 0 Å². The fourth-order valence-corrected chi connectivity index (χ4v) is 8.22. The first-order chi connectivity index (χ1) is 26.8. The summed E-state index contributed by atoms with van der Waals surface area (Å²) in [4.78, 5) is 10.0. The average Bonchev–Trinajstić information content (AvgIpc) is 3.76. The van der Waals surface area contributed by atoms with Crippen LogP contribution in [0.4, 0.5) is 0 Å². The smallest absolute Gasteiger partial charge is 0.160 e. The molecule has 0 aliphatic carbocycles. The summed E-state index contributed by atoms with van der Waals surface area (Å²) in [6, 6.07) is 69.1. The van der Waals surface area contributed by atoms with E-state index in [-0.39, 0.29) is 0 Å². The molecule has 0 unspecified atom stereocenters. The van der Waals surface area contributed by atoms with Crippen LogP contribution in [0.25, 0.3) is 99.7 Å². The third-order valence-electron chi connectivity index (χ3n) is 10.7. The van der Waals surface area contributed by atoms with Crippen molar-refractivity contribution in [3.63, 3.8) is 0 Å². The van der Waals surface area contributed by atoms with Crippen LogP contribution in [-0.4, -0.2) is 19.1 Å². The van der Waals surface area contributed by atoms with Crippen LogP contribution < -0.4 is 0 Å². The Kier molecular flexibility index (Phi) is 6.82. The summed E-state index contributed by atoms with van der Waals surface area (Å²) in [5.41, 5.74) is 13.4. The van der Waals surface area contributed by atoms with Crippen molar-refractivity contribution in [3.8, 4) is 45.1 Å². The summed E-state index contributed by atoms with van der Waals surface area (Å²) in [5.74, 6) is 0.724. The first kappa shape index (κ1) is 30.3. The molecular weight excluding hydrogens is 657 g/mol. The van der Waals surface area contributed by atoms with Crippen molar-refractivity contribution in [1.82, 2.24) is 19.1 Å². The maximum atomic E-state index is 5.06. The van der Waals surface area contributed by atoms with Crippen LogP contribution in [0.5, 0.6) is 0 Å². The molecule has 252 valence electrons. The van der Waals surface area contributed by atoms with E-state index in [4.69, 9.17) is 9.97 Å². The van der Waals surface area contributed by atoms with Gasteiger partial charge in [-0.2, -0.15) is 0 Å². The molecule has 3 heterocycles. The van der Waals surface area contributed by atoms with E-state index in [0.717, 1.165) is 56.0 Å². The van der Waals surface area contributed by atoms with Crippen molar-refractivity contribution < 1.29 is 0 Å². The normalized spacial score (nSPS) is 11.7. The number of rotatable bonds is 5. The molecule has 0 aliphatic rings. The summed E-state index contributed by atoms with van der Waals surface area (Å²) in [5, 5.41) is 6.06. The van der Waals surface area contributed by atoms with Crippen molar-refractivity contribution >= 4 is 54.5 Å². The Balaban J connectivity index is 0.962. The van der Waals surface area contributed by atoms with Crippen molar-refractivity contribution in [2.75, 3.05) is 0 Å². The van der Waals surface area contributed by atoms with Crippen LogP contribution in [0.15, 0.2) is 194 Å². The molecule has 4 nitrogen and oxygen atoms in total. The highest BCUT2D eigenvalue weighted by atomic mass is 15.0. The lowest BCUT2D eigenvalue weighted by Gasteiger charge is -2.11. The molecular formula is C50H32N4. The van der Waals surface area contributed by atoms with E-state index in [1.165, 1.54) is 43.6 Å². The predicted molar refractivity (Wildman–Crippen MR) is 225 cm³/mol. The highest BCUT2D eigenvalue weighted by Gasteiger charge is 2.17. The van der Waals surface area contributed by atoms with Crippen molar-refractivity contribution in [1.29, 1.82) is 0 Å². The second kappa shape index (κ2) is 12.1. The van der Waals surface area contributed by atoms with Crippen LogP contribution in [0, 0.1) is 0 Å². The number of hydrogen-bond donors (Lipinski definition) is 0. The van der Waals surface area contributed by atoms with Crippen molar-refractivity contribution in [2.24, 2.45) is 0 Å². The minimum atomic E-state index is 0.724. The van der Waals surface area contributed by atoms with Gasteiger partial charge in [-0.3, -0.25) is 0 Å². The van der Waals surface area contributed by atoms with Crippen LogP contribution in [-0.2, 0) is 0 Å². The van der Waals surface area contributed by atoms with E-state index in [0.29, 0.717) is 0 Å². The van der Waals surface area contributed by atoms with Crippen LogP contribution in [0.3, 0.4) is 0 Å². The first-order valence-electron chi connectivity index (χ1n) is 18.3. The van der Waals surface area contributed by atoms with Gasteiger partial charge in [-0.15, -0.1) is 0 Å². The maximum Gasteiger partial charge on any atom is 0.160 e. The van der Waals surface area contributed by atoms with Gasteiger partial charge < -0.3 is 9.13 Å². The zero-order valence-electron chi connectivity index (χ0n) is 29.3. The van der Waals surface area contributed by atoms with Gasteiger partial charge in [-0.25, -0.2) is 9.97 Å². The minimum Gasteiger partial charge on any atom is -0.309 e. The number of para-hydroxylation sites is 4. The predicted octanol–water partition coefficient (Wildman–Crippen LogP) is 12.8. The largest absolute Gasteiger partial charge is 0.309 e. The number of hydrogen-bond acceptors (Lipinski definition) is 2. The molecule has 11 rings (SSSR count). The van der Waals surface area contributed by atoms with E-state index in [9.17, 15) is 0 Å². The number of aromatic nitrogens is 4.